The summed E-state index contributed by atoms with van der Waals surface area (Å²) in [6.45, 7) is 11.4. The first-order valence-electron chi connectivity index (χ1n) is 6.98. The molecule has 1 aliphatic rings. The first-order chi connectivity index (χ1) is 8.27. The number of rotatable bonds is 8. The van der Waals surface area contributed by atoms with Crippen molar-refractivity contribution in [3.05, 3.63) is 0 Å². The minimum Gasteiger partial charge on any atom is -0.343 e. The summed E-state index contributed by atoms with van der Waals surface area (Å²) >= 11 is 0. The summed E-state index contributed by atoms with van der Waals surface area (Å²) in [6, 6.07) is 0. The standard InChI is InChI=1S/C13H27N3O/c1-3-15(4-2)12-9-14-8-7-13(17)16-10-5-6-11-16/h14H,3-12H2,1-2H3. The third kappa shape index (κ3) is 5.50. The molecule has 100 valence electrons. The van der Waals surface area contributed by atoms with Gasteiger partial charge >= 0.3 is 0 Å². The van der Waals surface area contributed by atoms with Crippen LogP contribution < -0.4 is 5.32 Å². The highest BCUT2D eigenvalue weighted by Crippen LogP contribution is 2.08. The van der Waals surface area contributed by atoms with Gasteiger partial charge in [0.25, 0.3) is 0 Å². The Bertz CT molecular complexity index is 211. The molecule has 0 radical (unpaired) electrons. The van der Waals surface area contributed by atoms with E-state index in [1.165, 1.54) is 12.8 Å². The molecule has 0 atom stereocenters. The molecule has 0 aromatic rings. The second-order valence-electron chi connectivity index (χ2n) is 4.61. The van der Waals surface area contributed by atoms with E-state index in [0.29, 0.717) is 12.3 Å². The maximum absolute atomic E-state index is 11.7. The van der Waals surface area contributed by atoms with Gasteiger partial charge in [-0.1, -0.05) is 13.8 Å². The van der Waals surface area contributed by atoms with Crippen LogP contribution in [-0.2, 0) is 4.79 Å². The molecule has 1 fully saturated rings. The van der Waals surface area contributed by atoms with E-state index in [0.717, 1.165) is 45.8 Å². The number of hydrogen-bond acceptors (Lipinski definition) is 3. The number of nitrogens with one attached hydrogen (secondary N) is 1. The Labute approximate surface area is 105 Å². The second-order valence-corrected chi connectivity index (χ2v) is 4.61. The Morgan fingerprint density at radius 1 is 1.18 bits per heavy atom. The molecule has 4 heteroatoms. The number of nitrogens with zero attached hydrogens (tertiary/aromatic N) is 2. The summed E-state index contributed by atoms with van der Waals surface area (Å²) in [6.07, 6.45) is 3.01. The van der Waals surface area contributed by atoms with E-state index in [4.69, 9.17) is 0 Å². The first-order valence-corrected chi connectivity index (χ1v) is 6.98. The van der Waals surface area contributed by atoms with Crippen molar-refractivity contribution in [1.29, 1.82) is 0 Å². The predicted octanol–water partition coefficient (Wildman–Crippen LogP) is 0.930. The fourth-order valence-electron chi connectivity index (χ4n) is 2.22. The van der Waals surface area contributed by atoms with E-state index >= 15 is 0 Å². The van der Waals surface area contributed by atoms with Gasteiger partial charge in [0.05, 0.1) is 0 Å². The second kappa shape index (κ2) is 8.48. The zero-order chi connectivity index (χ0) is 12.5. The third-order valence-electron chi connectivity index (χ3n) is 3.47. The van der Waals surface area contributed by atoms with E-state index in [1.807, 2.05) is 4.90 Å². The number of amides is 1. The summed E-state index contributed by atoms with van der Waals surface area (Å²) in [4.78, 5) is 16.1. The number of carbonyl (C=O) groups is 1. The molecule has 0 unspecified atom stereocenters. The van der Waals surface area contributed by atoms with Crippen molar-refractivity contribution < 1.29 is 4.79 Å². The summed E-state index contributed by atoms with van der Waals surface area (Å²) in [5, 5.41) is 3.35. The van der Waals surface area contributed by atoms with Gasteiger partial charge in [0.15, 0.2) is 0 Å². The molecule has 0 aliphatic carbocycles. The third-order valence-corrected chi connectivity index (χ3v) is 3.47. The number of likely N-dealkylation sites (tertiary alicyclic amines) is 1. The van der Waals surface area contributed by atoms with Crippen molar-refractivity contribution in [1.82, 2.24) is 15.1 Å². The number of hydrogen-bond donors (Lipinski definition) is 1. The lowest BCUT2D eigenvalue weighted by molar-refractivity contribution is -0.130. The van der Waals surface area contributed by atoms with Crippen LogP contribution in [0.15, 0.2) is 0 Å². The van der Waals surface area contributed by atoms with Gasteiger partial charge in [-0.3, -0.25) is 4.79 Å². The lowest BCUT2D eigenvalue weighted by Crippen LogP contribution is -2.34. The van der Waals surface area contributed by atoms with Crippen LogP contribution in [0.4, 0.5) is 0 Å². The summed E-state index contributed by atoms with van der Waals surface area (Å²) in [7, 11) is 0. The Balaban J connectivity index is 1.98. The van der Waals surface area contributed by atoms with Gasteiger partial charge in [0.1, 0.15) is 0 Å². The minimum atomic E-state index is 0.317. The van der Waals surface area contributed by atoms with Crippen LogP contribution in [0.5, 0.6) is 0 Å². The fourth-order valence-corrected chi connectivity index (χ4v) is 2.22. The largest absolute Gasteiger partial charge is 0.343 e. The topological polar surface area (TPSA) is 35.6 Å². The molecule has 0 aromatic heterocycles. The van der Waals surface area contributed by atoms with Crippen LogP contribution >= 0.6 is 0 Å². The molecule has 1 aliphatic heterocycles. The summed E-state index contributed by atoms with van der Waals surface area (Å²) < 4.78 is 0. The first kappa shape index (κ1) is 14.5. The number of likely N-dealkylation sites (N-methyl/N-ethyl adjacent to an activating group) is 1. The van der Waals surface area contributed by atoms with Crippen LogP contribution in [0.2, 0.25) is 0 Å². The van der Waals surface area contributed by atoms with Crippen molar-refractivity contribution in [2.24, 2.45) is 0 Å². The smallest absolute Gasteiger partial charge is 0.223 e. The zero-order valence-corrected chi connectivity index (χ0v) is 11.4. The average Bonchev–Trinajstić information content (AvgIpc) is 2.87. The van der Waals surface area contributed by atoms with Crippen molar-refractivity contribution in [3.8, 4) is 0 Å². The highest BCUT2D eigenvalue weighted by atomic mass is 16.2. The Hall–Kier alpha value is -0.610. The van der Waals surface area contributed by atoms with Crippen LogP contribution in [0.1, 0.15) is 33.1 Å². The van der Waals surface area contributed by atoms with Gasteiger partial charge in [-0.2, -0.15) is 0 Å². The zero-order valence-electron chi connectivity index (χ0n) is 11.4. The highest BCUT2D eigenvalue weighted by Gasteiger charge is 2.16. The molecule has 17 heavy (non-hydrogen) atoms. The molecule has 1 amide bonds. The average molecular weight is 241 g/mol. The molecule has 0 bridgehead atoms. The summed E-state index contributed by atoms with van der Waals surface area (Å²) in [5.41, 5.74) is 0. The predicted molar refractivity (Wildman–Crippen MR) is 71.1 cm³/mol. The summed E-state index contributed by atoms with van der Waals surface area (Å²) in [5.74, 6) is 0.317. The van der Waals surface area contributed by atoms with Crippen molar-refractivity contribution >= 4 is 5.91 Å². The fraction of sp³-hybridized carbons (Fsp3) is 0.923. The molecule has 0 saturated carbocycles. The molecule has 4 nitrogen and oxygen atoms in total. The molecule has 1 saturated heterocycles. The quantitative estimate of drug-likeness (QED) is 0.642. The van der Waals surface area contributed by atoms with E-state index in [2.05, 4.69) is 24.1 Å². The lowest BCUT2D eigenvalue weighted by Gasteiger charge is -2.18. The van der Waals surface area contributed by atoms with E-state index < -0.39 is 0 Å². The molecule has 1 heterocycles. The normalized spacial score (nSPS) is 15.8. The van der Waals surface area contributed by atoms with Crippen LogP contribution in [0, 0.1) is 0 Å². The highest BCUT2D eigenvalue weighted by molar-refractivity contribution is 5.76. The van der Waals surface area contributed by atoms with Crippen molar-refractivity contribution in [2.45, 2.75) is 33.1 Å². The molecule has 0 aromatic carbocycles. The monoisotopic (exact) mass is 241 g/mol. The molecule has 0 spiro atoms. The van der Waals surface area contributed by atoms with Crippen molar-refractivity contribution in [2.75, 3.05) is 45.8 Å². The maximum atomic E-state index is 11.7. The van der Waals surface area contributed by atoms with Crippen LogP contribution in [0.3, 0.4) is 0 Å². The van der Waals surface area contributed by atoms with E-state index in [9.17, 15) is 4.79 Å². The van der Waals surface area contributed by atoms with Gasteiger partial charge in [0.2, 0.25) is 5.91 Å². The SMILES string of the molecule is CCN(CC)CCNCCC(=O)N1CCCC1. The molecule has 1 N–H and O–H groups in total. The number of carbonyl (C=O) groups excluding carboxylic acids is 1. The Morgan fingerprint density at radius 2 is 1.82 bits per heavy atom. The van der Waals surface area contributed by atoms with E-state index in [-0.39, 0.29) is 0 Å². The minimum absolute atomic E-state index is 0.317. The van der Waals surface area contributed by atoms with Gasteiger partial charge in [-0.25, -0.2) is 0 Å². The lowest BCUT2D eigenvalue weighted by atomic mass is 10.3. The van der Waals surface area contributed by atoms with Gasteiger partial charge < -0.3 is 15.1 Å². The van der Waals surface area contributed by atoms with Gasteiger partial charge in [0, 0.05) is 39.1 Å². The molecular weight excluding hydrogens is 214 g/mol. The van der Waals surface area contributed by atoms with Gasteiger partial charge in [-0.15, -0.1) is 0 Å². The van der Waals surface area contributed by atoms with Crippen LogP contribution in [-0.4, -0.2) is 61.5 Å². The van der Waals surface area contributed by atoms with Crippen molar-refractivity contribution in [3.63, 3.8) is 0 Å². The van der Waals surface area contributed by atoms with Crippen LogP contribution in [0.25, 0.3) is 0 Å². The maximum Gasteiger partial charge on any atom is 0.223 e. The Morgan fingerprint density at radius 3 is 2.41 bits per heavy atom. The van der Waals surface area contributed by atoms with Gasteiger partial charge in [-0.05, 0) is 25.9 Å². The Kier molecular flexibility index (Phi) is 7.21. The molecule has 1 rings (SSSR count). The molecular formula is C13H27N3O. The van der Waals surface area contributed by atoms with E-state index in [1.54, 1.807) is 0 Å².